The van der Waals surface area contributed by atoms with Crippen LogP contribution in [-0.4, -0.2) is 10.2 Å². The van der Waals surface area contributed by atoms with E-state index in [1.165, 1.54) is 22.2 Å². The van der Waals surface area contributed by atoms with Crippen LogP contribution in [0.25, 0.3) is 0 Å². The molecule has 0 saturated heterocycles. The molecule has 0 amide bonds. The zero-order valence-corrected chi connectivity index (χ0v) is 11.2. The van der Waals surface area contributed by atoms with E-state index >= 15 is 0 Å². The summed E-state index contributed by atoms with van der Waals surface area (Å²) in [5.41, 5.74) is 2.83. The monoisotopic (exact) mass is 192 g/mol. The third-order valence-electron chi connectivity index (χ3n) is 2.86. The van der Waals surface area contributed by atoms with E-state index in [-0.39, 0.29) is 0 Å². The van der Waals surface area contributed by atoms with E-state index in [9.17, 15) is 0 Å². The second-order valence-corrected chi connectivity index (χ2v) is 6.35. The van der Waals surface area contributed by atoms with E-state index in [0.29, 0.717) is 5.41 Å². The van der Waals surface area contributed by atoms with Gasteiger partial charge in [0, 0.05) is 10.2 Å². The maximum Gasteiger partial charge on any atom is 0.00781 e. The van der Waals surface area contributed by atoms with Crippen molar-refractivity contribution < 1.29 is 0 Å². The Hall–Kier alpha value is -0.563. The summed E-state index contributed by atoms with van der Waals surface area (Å²) in [4.78, 5) is 0. The SMILES string of the molecule is CC(C)(C)C([SiH3])Cc1ccccc1. The van der Waals surface area contributed by atoms with Gasteiger partial charge in [-0.2, -0.15) is 0 Å². The van der Waals surface area contributed by atoms with Gasteiger partial charge in [0.05, 0.1) is 0 Å². The normalized spacial score (nSPS) is 14.4. The topological polar surface area (TPSA) is 0 Å². The van der Waals surface area contributed by atoms with Crippen molar-refractivity contribution in [3.05, 3.63) is 35.9 Å². The highest BCUT2D eigenvalue weighted by Gasteiger charge is 2.19. The molecule has 0 radical (unpaired) electrons. The Morgan fingerprint density at radius 1 is 1.15 bits per heavy atom. The van der Waals surface area contributed by atoms with Gasteiger partial charge in [0.1, 0.15) is 0 Å². The Balaban J connectivity index is 2.61. The number of rotatable bonds is 2. The summed E-state index contributed by atoms with van der Waals surface area (Å²) in [7, 11) is 1.28. The van der Waals surface area contributed by atoms with Crippen LogP contribution in [-0.2, 0) is 6.42 Å². The third-order valence-corrected chi connectivity index (χ3v) is 5.00. The van der Waals surface area contributed by atoms with E-state index in [1.54, 1.807) is 0 Å². The van der Waals surface area contributed by atoms with Gasteiger partial charge in [0.15, 0.2) is 0 Å². The van der Waals surface area contributed by atoms with Crippen LogP contribution < -0.4 is 0 Å². The van der Waals surface area contributed by atoms with Crippen molar-refractivity contribution in [1.82, 2.24) is 0 Å². The van der Waals surface area contributed by atoms with E-state index in [4.69, 9.17) is 0 Å². The molecule has 13 heavy (non-hydrogen) atoms. The average molecular weight is 192 g/mol. The van der Waals surface area contributed by atoms with E-state index < -0.39 is 0 Å². The maximum atomic E-state index is 2.34. The van der Waals surface area contributed by atoms with Crippen molar-refractivity contribution in [1.29, 1.82) is 0 Å². The molecule has 1 rings (SSSR count). The van der Waals surface area contributed by atoms with Crippen LogP contribution in [0.5, 0.6) is 0 Å². The summed E-state index contributed by atoms with van der Waals surface area (Å²) >= 11 is 0. The second-order valence-electron chi connectivity index (χ2n) is 4.96. The fraction of sp³-hybridized carbons (Fsp3) is 0.500. The van der Waals surface area contributed by atoms with Gasteiger partial charge in [-0.15, -0.1) is 0 Å². The molecular weight excluding hydrogens is 172 g/mol. The van der Waals surface area contributed by atoms with Crippen molar-refractivity contribution >= 4 is 10.2 Å². The van der Waals surface area contributed by atoms with Crippen molar-refractivity contribution in [3.8, 4) is 0 Å². The van der Waals surface area contributed by atoms with Gasteiger partial charge in [0.25, 0.3) is 0 Å². The Labute approximate surface area is 84.8 Å². The minimum absolute atomic E-state index is 0.474. The molecule has 0 bridgehead atoms. The van der Waals surface area contributed by atoms with Gasteiger partial charge in [-0.1, -0.05) is 51.1 Å². The maximum absolute atomic E-state index is 2.34. The number of hydrogen-bond acceptors (Lipinski definition) is 0. The van der Waals surface area contributed by atoms with Crippen molar-refractivity contribution in [2.24, 2.45) is 5.41 Å². The summed E-state index contributed by atoms with van der Waals surface area (Å²) in [5, 5.41) is 0. The molecule has 0 spiro atoms. The van der Waals surface area contributed by atoms with Crippen LogP contribution in [0.3, 0.4) is 0 Å². The van der Waals surface area contributed by atoms with Gasteiger partial charge in [-0.05, 0) is 22.9 Å². The predicted octanol–water partition coefficient (Wildman–Crippen LogP) is 2.43. The minimum atomic E-state index is 0.474. The van der Waals surface area contributed by atoms with Crippen LogP contribution in [0.4, 0.5) is 0 Å². The van der Waals surface area contributed by atoms with Gasteiger partial charge >= 0.3 is 0 Å². The first kappa shape index (κ1) is 10.5. The number of benzene rings is 1. The summed E-state index contributed by atoms with van der Waals surface area (Å²) in [6.07, 6.45) is 1.25. The fourth-order valence-corrected chi connectivity index (χ4v) is 1.75. The molecule has 0 aliphatic carbocycles. The fourth-order valence-electron chi connectivity index (χ4n) is 1.27. The molecule has 0 aliphatic rings. The first-order valence-corrected chi connectivity index (χ1v) is 6.19. The molecule has 1 aromatic rings. The largest absolute Gasteiger partial charge is 0.0622 e. The smallest absolute Gasteiger partial charge is 0.00781 e. The highest BCUT2D eigenvalue weighted by Crippen LogP contribution is 2.31. The van der Waals surface area contributed by atoms with Crippen LogP contribution in [0.2, 0.25) is 5.54 Å². The zero-order chi connectivity index (χ0) is 9.90. The van der Waals surface area contributed by atoms with Crippen LogP contribution in [0.15, 0.2) is 30.3 Å². The first-order valence-electron chi connectivity index (χ1n) is 5.04. The third kappa shape index (κ3) is 3.35. The van der Waals surface area contributed by atoms with Gasteiger partial charge in [-0.25, -0.2) is 0 Å². The molecule has 0 nitrogen and oxygen atoms in total. The summed E-state index contributed by atoms with van der Waals surface area (Å²) in [5.74, 6) is 0. The molecule has 0 heterocycles. The lowest BCUT2D eigenvalue weighted by atomic mass is 9.88. The van der Waals surface area contributed by atoms with Crippen molar-refractivity contribution in [2.45, 2.75) is 32.7 Å². The highest BCUT2D eigenvalue weighted by molar-refractivity contribution is 6.12. The summed E-state index contributed by atoms with van der Waals surface area (Å²) in [6.45, 7) is 7.02. The zero-order valence-electron chi connectivity index (χ0n) is 9.17. The number of hydrogen-bond donors (Lipinski definition) is 0. The van der Waals surface area contributed by atoms with Crippen molar-refractivity contribution in [3.63, 3.8) is 0 Å². The lowest BCUT2D eigenvalue weighted by molar-refractivity contribution is 0.379. The van der Waals surface area contributed by atoms with E-state index in [1.807, 2.05) is 0 Å². The van der Waals surface area contributed by atoms with E-state index in [0.717, 1.165) is 5.54 Å². The lowest BCUT2D eigenvalue weighted by Crippen LogP contribution is -2.16. The quantitative estimate of drug-likeness (QED) is 0.631. The molecular formula is C12H20Si. The highest BCUT2D eigenvalue weighted by atomic mass is 28.1. The Kier molecular flexibility index (Phi) is 3.31. The van der Waals surface area contributed by atoms with Crippen molar-refractivity contribution in [2.75, 3.05) is 0 Å². The standard InChI is InChI=1S/C12H20Si/c1-12(2,3)11(13)9-10-7-5-4-6-8-10/h4-8,11H,9H2,1-3,13H3. The van der Waals surface area contributed by atoms with Gasteiger partial charge in [0.2, 0.25) is 0 Å². The molecule has 1 atom stereocenters. The van der Waals surface area contributed by atoms with Crippen LogP contribution in [0.1, 0.15) is 26.3 Å². The van der Waals surface area contributed by atoms with Gasteiger partial charge < -0.3 is 0 Å². The van der Waals surface area contributed by atoms with Crippen LogP contribution in [0, 0.1) is 5.41 Å². The molecule has 72 valence electrons. The molecule has 1 heteroatoms. The molecule has 1 unspecified atom stereocenters. The minimum Gasteiger partial charge on any atom is -0.0622 e. The van der Waals surface area contributed by atoms with E-state index in [2.05, 4.69) is 51.1 Å². The molecule has 0 N–H and O–H groups in total. The Morgan fingerprint density at radius 3 is 2.15 bits per heavy atom. The van der Waals surface area contributed by atoms with Crippen LogP contribution >= 0.6 is 0 Å². The average Bonchev–Trinajstić information content (AvgIpc) is 2.04. The summed E-state index contributed by atoms with van der Waals surface area (Å²) in [6, 6.07) is 10.8. The molecule has 0 aromatic heterocycles. The Bertz CT molecular complexity index is 246. The second kappa shape index (κ2) is 4.10. The molecule has 0 fully saturated rings. The molecule has 0 aliphatic heterocycles. The first-order chi connectivity index (χ1) is 6.00. The molecule has 1 aromatic carbocycles. The Morgan fingerprint density at radius 2 is 1.69 bits per heavy atom. The summed E-state index contributed by atoms with van der Waals surface area (Å²) < 4.78 is 0. The predicted molar refractivity (Wildman–Crippen MR) is 63.3 cm³/mol. The van der Waals surface area contributed by atoms with Gasteiger partial charge in [-0.3, -0.25) is 0 Å². The lowest BCUT2D eigenvalue weighted by Gasteiger charge is -2.27. The molecule has 0 saturated carbocycles.